The van der Waals surface area contributed by atoms with E-state index in [1.54, 1.807) is 18.5 Å². The minimum absolute atomic E-state index is 0.0275. The number of hydrogen-bond acceptors (Lipinski definition) is 5. The van der Waals surface area contributed by atoms with Gasteiger partial charge in [-0.3, -0.25) is 4.79 Å². The summed E-state index contributed by atoms with van der Waals surface area (Å²) >= 11 is 0. The normalized spacial score (nSPS) is 15.4. The summed E-state index contributed by atoms with van der Waals surface area (Å²) in [5.74, 6) is -0.0853. The van der Waals surface area contributed by atoms with E-state index in [0.29, 0.717) is 18.8 Å². The van der Waals surface area contributed by atoms with Gasteiger partial charge in [0.25, 0.3) is 0 Å². The zero-order chi connectivity index (χ0) is 23.4. The summed E-state index contributed by atoms with van der Waals surface area (Å²) < 4.78 is 41.0. The van der Waals surface area contributed by atoms with Crippen molar-refractivity contribution in [3.8, 4) is 0 Å². The zero-order valence-electron chi connectivity index (χ0n) is 17.6. The molecule has 33 heavy (non-hydrogen) atoms. The lowest BCUT2D eigenvalue weighted by Gasteiger charge is -2.16. The Morgan fingerprint density at radius 2 is 2.00 bits per heavy atom. The van der Waals surface area contributed by atoms with E-state index < -0.39 is 23.5 Å². The molecule has 7 nitrogen and oxygen atoms in total. The van der Waals surface area contributed by atoms with Gasteiger partial charge >= 0.3 is 6.18 Å². The van der Waals surface area contributed by atoms with Gasteiger partial charge in [0.2, 0.25) is 11.9 Å². The highest BCUT2D eigenvalue weighted by atomic mass is 19.4. The van der Waals surface area contributed by atoms with Gasteiger partial charge < -0.3 is 15.2 Å². The van der Waals surface area contributed by atoms with Crippen LogP contribution in [0.3, 0.4) is 0 Å². The van der Waals surface area contributed by atoms with Gasteiger partial charge in [-0.25, -0.2) is 15.0 Å². The number of anilines is 2. The number of hydrogen-bond donors (Lipinski definition) is 2. The van der Waals surface area contributed by atoms with E-state index in [-0.39, 0.29) is 6.42 Å². The molecule has 0 spiro atoms. The molecule has 168 valence electrons. The Hall–Kier alpha value is -4.13. The summed E-state index contributed by atoms with van der Waals surface area (Å²) in [5, 5.41) is 5.35. The summed E-state index contributed by atoms with van der Waals surface area (Å²) in [5.41, 5.74) is 6.45. The van der Waals surface area contributed by atoms with Crippen LogP contribution in [0.2, 0.25) is 0 Å². The lowest BCUT2D eigenvalue weighted by Crippen LogP contribution is -2.35. The third kappa shape index (κ3) is 5.57. The van der Waals surface area contributed by atoms with Crippen molar-refractivity contribution < 1.29 is 18.0 Å². The highest BCUT2D eigenvalue weighted by Crippen LogP contribution is 2.28. The quantitative estimate of drug-likeness (QED) is 0.639. The van der Waals surface area contributed by atoms with Crippen LogP contribution in [0.15, 0.2) is 76.9 Å². The minimum Gasteiger partial charge on any atom is -0.355 e. The molecule has 0 saturated heterocycles. The van der Waals surface area contributed by atoms with Crippen molar-refractivity contribution in [2.45, 2.75) is 25.4 Å². The largest absolute Gasteiger partial charge is 0.436 e. The number of allylic oxidation sites excluding steroid dienone is 4. The molecule has 1 aliphatic carbocycles. The second kappa shape index (κ2) is 9.16. The van der Waals surface area contributed by atoms with Gasteiger partial charge in [-0.05, 0) is 35.9 Å². The van der Waals surface area contributed by atoms with Crippen molar-refractivity contribution in [2.24, 2.45) is 12.0 Å². The number of halogens is 3. The van der Waals surface area contributed by atoms with Crippen LogP contribution in [0, 0.1) is 0 Å². The SMILES string of the molecule is Cn1ccc(Nc2ncc(C3=CC=C(CC(=O)NC4=C=C=CN=C4C(F)(F)F)CC3)cn2)c1. The fourth-order valence-corrected chi connectivity index (χ4v) is 3.35. The second-order valence-electron chi connectivity index (χ2n) is 7.48. The molecule has 0 unspecified atom stereocenters. The van der Waals surface area contributed by atoms with E-state index in [4.69, 9.17) is 0 Å². The lowest BCUT2D eigenvalue weighted by atomic mass is 9.93. The molecule has 0 saturated carbocycles. The molecule has 0 radical (unpaired) electrons. The van der Waals surface area contributed by atoms with Gasteiger partial charge in [-0.1, -0.05) is 17.7 Å². The molecule has 2 aliphatic rings. The van der Waals surface area contributed by atoms with Crippen LogP contribution in [0.4, 0.5) is 24.8 Å². The molecule has 10 heteroatoms. The first-order chi connectivity index (χ1) is 15.8. The third-order valence-electron chi connectivity index (χ3n) is 4.96. The average Bonchev–Trinajstić information content (AvgIpc) is 3.19. The molecule has 2 aromatic heterocycles. The molecule has 0 fully saturated rings. The Labute approximate surface area is 187 Å². The van der Waals surface area contributed by atoms with Crippen molar-refractivity contribution in [3.05, 3.63) is 77.5 Å². The molecular weight excluding hydrogens is 433 g/mol. The molecule has 2 aromatic rings. The Morgan fingerprint density at radius 3 is 2.64 bits per heavy atom. The zero-order valence-corrected chi connectivity index (χ0v) is 17.6. The van der Waals surface area contributed by atoms with Gasteiger partial charge in [0.1, 0.15) is 5.70 Å². The number of carbonyl (C=O) groups is 1. The molecule has 0 atom stereocenters. The fraction of sp³-hybridized carbons (Fsp3) is 0.217. The molecule has 1 aliphatic heterocycles. The van der Waals surface area contributed by atoms with Gasteiger partial charge in [0, 0.05) is 43.8 Å². The summed E-state index contributed by atoms with van der Waals surface area (Å²) in [6.07, 6.45) is 8.36. The molecule has 3 heterocycles. The Balaban J connectivity index is 1.36. The molecular formula is C23H19F3N6O. The predicted octanol–water partition coefficient (Wildman–Crippen LogP) is 4.34. The number of amides is 1. The average molecular weight is 452 g/mol. The predicted molar refractivity (Wildman–Crippen MR) is 117 cm³/mol. The summed E-state index contributed by atoms with van der Waals surface area (Å²) in [7, 11) is 1.92. The Morgan fingerprint density at radius 1 is 1.21 bits per heavy atom. The van der Waals surface area contributed by atoms with Crippen LogP contribution >= 0.6 is 0 Å². The molecule has 2 N–H and O–H groups in total. The van der Waals surface area contributed by atoms with Crippen molar-refractivity contribution >= 4 is 28.8 Å². The molecule has 0 bridgehead atoms. The smallest absolute Gasteiger partial charge is 0.355 e. The number of alkyl halides is 3. The number of aryl methyl sites for hydroxylation is 1. The number of rotatable bonds is 6. The monoisotopic (exact) mass is 452 g/mol. The maximum Gasteiger partial charge on any atom is 0.436 e. The van der Waals surface area contributed by atoms with Crippen LogP contribution in [0.1, 0.15) is 24.8 Å². The highest BCUT2D eigenvalue weighted by Gasteiger charge is 2.39. The first-order valence-corrected chi connectivity index (χ1v) is 10.0. The van der Waals surface area contributed by atoms with Crippen molar-refractivity contribution in [1.29, 1.82) is 0 Å². The maximum atomic E-state index is 13.0. The van der Waals surface area contributed by atoms with Gasteiger partial charge in [-0.2, -0.15) is 13.2 Å². The van der Waals surface area contributed by atoms with E-state index in [1.807, 2.05) is 36.2 Å². The number of nitrogens with zero attached hydrogens (tertiary/aromatic N) is 4. The van der Waals surface area contributed by atoms with Crippen molar-refractivity contribution in [2.75, 3.05) is 5.32 Å². The lowest BCUT2D eigenvalue weighted by molar-refractivity contribution is -0.119. The number of aromatic nitrogens is 3. The van der Waals surface area contributed by atoms with E-state index in [1.165, 1.54) is 0 Å². The van der Waals surface area contributed by atoms with Crippen molar-refractivity contribution in [3.63, 3.8) is 0 Å². The first kappa shape index (κ1) is 22.1. The Kier molecular flexibility index (Phi) is 6.13. The first-order valence-electron chi connectivity index (χ1n) is 10.0. The fourth-order valence-electron chi connectivity index (χ4n) is 3.35. The standard InChI is InChI=1S/C23H19F3N6O/c1-32-10-8-18(14-32)30-22-28-12-17(13-29-22)16-6-4-15(5-7-16)11-20(33)31-19-3-2-9-27-21(19)23(24,25)26/h4,6,8-10,12-14H,5,7,11H2,1H3,(H,31,33)(H,28,29,30). The van der Waals surface area contributed by atoms with Crippen LogP contribution in [-0.4, -0.2) is 32.3 Å². The summed E-state index contributed by atoms with van der Waals surface area (Å²) in [6, 6.07) is 1.91. The van der Waals surface area contributed by atoms with Crippen molar-refractivity contribution in [1.82, 2.24) is 19.9 Å². The second-order valence-corrected chi connectivity index (χ2v) is 7.48. The van der Waals surface area contributed by atoms with E-state index in [0.717, 1.165) is 28.6 Å². The highest BCUT2D eigenvalue weighted by molar-refractivity contribution is 6.07. The number of nitrogens with one attached hydrogen (secondary N) is 2. The molecule has 4 rings (SSSR count). The summed E-state index contributed by atoms with van der Waals surface area (Å²) in [4.78, 5) is 24.2. The van der Waals surface area contributed by atoms with Gasteiger partial charge in [-0.15, -0.1) is 0 Å². The van der Waals surface area contributed by atoms with E-state index >= 15 is 0 Å². The van der Waals surface area contributed by atoms with Gasteiger partial charge in [0.05, 0.1) is 11.9 Å². The Bertz CT molecular complexity index is 1270. The van der Waals surface area contributed by atoms with Crippen LogP contribution in [0.25, 0.3) is 5.57 Å². The molecule has 0 aromatic carbocycles. The van der Waals surface area contributed by atoms with E-state index in [2.05, 4.69) is 37.1 Å². The number of carbonyl (C=O) groups excluding carboxylic acids is 1. The van der Waals surface area contributed by atoms with Crippen LogP contribution in [0.5, 0.6) is 0 Å². The summed E-state index contributed by atoms with van der Waals surface area (Å²) in [6.45, 7) is 0. The van der Waals surface area contributed by atoms with E-state index in [9.17, 15) is 18.0 Å². The molecule has 1 amide bonds. The van der Waals surface area contributed by atoms with Crippen LogP contribution in [-0.2, 0) is 11.8 Å². The van der Waals surface area contributed by atoms with Gasteiger partial charge in [0.15, 0.2) is 5.71 Å². The maximum absolute atomic E-state index is 13.0. The number of aliphatic imine (C=N–C) groups is 1. The van der Waals surface area contributed by atoms with Crippen LogP contribution < -0.4 is 10.6 Å². The minimum atomic E-state index is -4.69. The third-order valence-corrected chi connectivity index (χ3v) is 4.96. The topological polar surface area (TPSA) is 84.2 Å².